The lowest BCUT2D eigenvalue weighted by Crippen LogP contribution is -2.44. The molecule has 2 rings (SSSR count). The molecule has 0 saturated carbocycles. The molecule has 0 bridgehead atoms. The monoisotopic (exact) mass is 224 g/mol. The van der Waals surface area contributed by atoms with Crippen molar-refractivity contribution in [3.05, 3.63) is 23.7 Å². The van der Waals surface area contributed by atoms with E-state index in [1.54, 1.807) is 13.1 Å². The van der Waals surface area contributed by atoms with Gasteiger partial charge >= 0.3 is 0 Å². The summed E-state index contributed by atoms with van der Waals surface area (Å²) in [5, 5.41) is 12.7. The van der Waals surface area contributed by atoms with Crippen molar-refractivity contribution in [1.29, 1.82) is 0 Å². The van der Waals surface area contributed by atoms with Crippen LogP contribution in [0.5, 0.6) is 0 Å². The van der Waals surface area contributed by atoms with Crippen molar-refractivity contribution < 1.29 is 14.3 Å². The third kappa shape index (κ3) is 1.83. The van der Waals surface area contributed by atoms with Crippen LogP contribution in [0.3, 0.4) is 0 Å². The van der Waals surface area contributed by atoms with Crippen LogP contribution < -0.4 is 5.32 Å². The average Bonchev–Trinajstić information content (AvgIpc) is 2.85. The standard InChI is InChI=1S/C11H16N2O3/c1-7-3-4-16-10(7)11(15)13(2)8-5-12-6-9(8)14/h3-4,8-9,12,14H,5-6H2,1-2H3/t8-,9-/m1/s1. The van der Waals surface area contributed by atoms with E-state index in [1.165, 1.54) is 11.2 Å². The van der Waals surface area contributed by atoms with E-state index in [1.807, 2.05) is 6.92 Å². The maximum absolute atomic E-state index is 12.1. The molecule has 1 aliphatic rings. The van der Waals surface area contributed by atoms with Gasteiger partial charge in [-0.3, -0.25) is 4.79 Å². The topological polar surface area (TPSA) is 65.7 Å². The molecule has 2 atom stereocenters. The van der Waals surface area contributed by atoms with Crippen molar-refractivity contribution in [2.24, 2.45) is 0 Å². The summed E-state index contributed by atoms with van der Waals surface area (Å²) in [6.07, 6.45) is 0.990. The molecule has 0 aliphatic carbocycles. The fourth-order valence-corrected chi connectivity index (χ4v) is 1.95. The largest absolute Gasteiger partial charge is 0.459 e. The highest BCUT2D eigenvalue weighted by atomic mass is 16.3. The van der Waals surface area contributed by atoms with Gasteiger partial charge in [-0.05, 0) is 13.0 Å². The second-order valence-corrected chi connectivity index (χ2v) is 4.14. The van der Waals surface area contributed by atoms with Crippen molar-refractivity contribution in [1.82, 2.24) is 10.2 Å². The Balaban J connectivity index is 2.13. The number of hydrogen-bond acceptors (Lipinski definition) is 4. The van der Waals surface area contributed by atoms with Gasteiger partial charge < -0.3 is 19.7 Å². The number of β-amino-alcohol motifs (C(OH)–C–C–N with tert-alkyl or cyclic N) is 1. The molecule has 5 nitrogen and oxygen atoms in total. The first-order valence-electron chi connectivity index (χ1n) is 5.31. The number of aryl methyl sites for hydroxylation is 1. The number of hydrogen-bond donors (Lipinski definition) is 2. The fraction of sp³-hybridized carbons (Fsp3) is 0.545. The van der Waals surface area contributed by atoms with Gasteiger partial charge in [0.05, 0.1) is 18.4 Å². The predicted octanol–water partition coefficient (Wildman–Crippen LogP) is -0.00728. The van der Waals surface area contributed by atoms with Gasteiger partial charge in [-0.15, -0.1) is 0 Å². The summed E-state index contributed by atoms with van der Waals surface area (Å²) in [7, 11) is 1.69. The number of amides is 1. The zero-order valence-corrected chi connectivity index (χ0v) is 9.43. The van der Waals surface area contributed by atoms with E-state index in [0.717, 1.165) is 5.56 Å². The minimum absolute atomic E-state index is 0.183. The summed E-state index contributed by atoms with van der Waals surface area (Å²) in [6.45, 7) is 2.97. The van der Waals surface area contributed by atoms with Crippen LogP contribution in [-0.4, -0.2) is 48.2 Å². The molecule has 0 radical (unpaired) electrons. The lowest BCUT2D eigenvalue weighted by Gasteiger charge is -2.25. The van der Waals surface area contributed by atoms with Gasteiger partial charge in [0.25, 0.3) is 5.91 Å². The van der Waals surface area contributed by atoms with E-state index >= 15 is 0 Å². The van der Waals surface area contributed by atoms with Crippen molar-refractivity contribution in [3.63, 3.8) is 0 Å². The number of carbonyl (C=O) groups is 1. The number of nitrogens with one attached hydrogen (secondary N) is 1. The van der Waals surface area contributed by atoms with Crippen LogP contribution in [0.15, 0.2) is 16.7 Å². The quantitative estimate of drug-likeness (QED) is 0.741. The maximum Gasteiger partial charge on any atom is 0.289 e. The van der Waals surface area contributed by atoms with Crippen LogP contribution in [0, 0.1) is 6.92 Å². The Morgan fingerprint density at radius 3 is 2.88 bits per heavy atom. The molecule has 0 aromatic carbocycles. The van der Waals surface area contributed by atoms with E-state index in [2.05, 4.69) is 5.32 Å². The molecule has 2 N–H and O–H groups in total. The molecule has 1 amide bonds. The fourth-order valence-electron chi connectivity index (χ4n) is 1.95. The van der Waals surface area contributed by atoms with Crippen LogP contribution in [0.4, 0.5) is 0 Å². The SMILES string of the molecule is Cc1ccoc1C(=O)N(C)[C@@H]1CNC[C@H]1O. The van der Waals surface area contributed by atoms with Gasteiger partial charge in [-0.2, -0.15) is 0 Å². The van der Waals surface area contributed by atoms with Crippen LogP contribution in [0.1, 0.15) is 16.1 Å². The Bertz CT molecular complexity index is 388. The minimum atomic E-state index is -0.510. The van der Waals surface area contributed by atoms with Gasteiger partial charge in [0.1, 0.15) is 0 Å². The highest BCUT2D eigenvalue weighted by Crippen LogP contribution is 2.15. The molecule has 1 saturated heterocycles. The second kappa shape index (κ2) is 4.27. The van der Waals surface area contributed by atoms with Crippen LogP contribution >= 0.6 is 0 Å². The normalized spacial score (nSPS) is 24.7. The molecule has 1 aromatic heterocycles. The number of carbonyl (C=O) groups excluding carboxylic acids is 1. The first-order valence-corrected chi connectivity index (χ1v) is 5.31. The van der Waals surface area contributed by atoms with Crippen molar-refractivity contribution in [3.8, 4) is 0 Å². The Hall–Kier alpha value is -1.33. The van der Waals surface area contributed by atoms with E-state index in [4.69, 9.17) is 4.42 Å². The van der Waals surface area contributed by atoms with Gasteiger partial charge in [-0.1, -0.05) is 0 Å². The number of rotatable bonds is 2. The van der Waals surface area contributed by atoms with Gasteiger partial charge in [0.2, 0.25) is 0 Å². The minimum Gasteiger partial charge on any atom is -0.459 e. The Labute approximate surface area is 94.0 Å². The van der Waals surface area contributed by atoms with Gasteiger partial charge in [-0.25, -0.2) is 0 Å². The average molecular weight is 224 g/mol. The molecule has 2 heterocycles. The van der Waals surface area contributed by atoms with Crippen LogP contribution in [0.25, 0.3) is 0 Å². The molecule has 1 fully saturated rings. The van der Waals surface area contributed by atoms with E-state index < -0.39 is 6.10 Å². The third-order valence-corrected chi connectivity index (χ3v) is 3.03. The van der Waals surface area contributed by atoms with E-state index in [0.29, 0.717) is 18.8 Å². The summed E-state index contributed by atoms with van der Waals surface area (Å²) >= 11 is 0. The van der Waals surface area contributed by atoms with E-state index in [-0.39, 0.29) is 11.9 Å². The smallest absolute Gasteiger partial charge is 0.289 e. The number of furan rings is 1. The number of nitrogens with zero attached hydrogens (tertiary/aromatic N) is 1. The molecular formula is C11H16N2O3. The van der Waals surface area contributed by atoms with Crippen molar-refractivity contribution in [2.75, 3.05) is 20.1 Å². The molecule has 16 heavy (non-hydrogen) atoms. The first kappa shape index (κ1) is 11.2. The molecule has 0 spiro atoms. The van der Waals surface area contributed by atoms with E-state index in [9.17, 15) is 9.90 Å². The third-order valence-electron chi connectivity index (χ3n) is 3.03. The Morgan fingerprint density at radius 1 is 1.62 bits per heavy atom. The summed E-state index contributed by atoms with van der Waals surface area (Å²) in [5.41, 5.74) is 0.817. The molecular weight excluding hydrogens is 208 g/mol. The van der Waals surface area contributed by atoms with Crippen LogP contribution in [-0.2, 0) is 0 Å². The van der Waals surface area contributed by atoms with Gasteiger partial charge in [0.15, 0.2) is 5.76 Å². The Morgan fingerprint density at radius 2 is 2.38 bits per heavy atom. The summed E-state index contributed by atoms with van der Waals surface area (Å²) < 4.78 is 5.15. The Kier molecular flexibility index (Phi) is 2.98. The molecule has 1 aromatic rings. The van der Waals surface area contributed by atoms with Gasteiger partial charge in [0, 0.05) is 25.7 Å². The molecule has 0 unspecified atom stereocenters. The van der Waals surface area contributed by atoms with Crippen LogP contribution in [0.2, 0.25) is 0 Å². The molecule has 5 heteroatoms. The number of likely N-dealkylation sites (N-methyl/N-ethyl adjacent to an activating group) is 1. The summed E-state index contributed by atoms with van der Waals surface area (Å²) in [6, 6.07) is 1.57. The lowest BCUT2D eigenvalue weighted by molar-refractivity contribution is 0.0552. The highest BCUT2D eigenvalue weighted by Gasteiger charge is 2.32. The highest BCUT2D eigenvalue weighted by molar-refractivity contribution is 5.92. The summed E-state index contributed by atoms with van der Waals surface area (Å²) in [5.74, 6) is 0.164. The first-order chi connectivity index (χ1) is 7.61. The second-order valence-electron chi connectivity index (χ2n) is 4.14. The van der Waals surface area contributed by atoms with Crippen molar-refractivity contribution in [2.45, 2.75) is 19.1 Å². The maximum atomic E-state index is 12.1. The lowest BCUT2D eigenvalue weighted by atomic mass is 10.1. The zero-order valence-electron chi connectivity index (χ0n) is 9.43. The molecule has 1 aliphatic heterocycles. The summed E-state index contributed by atoms with van der Waals surface area (Å²) in [4.78, 5) is 13.6. The zero-order chi connectivity index (χ0) is 11.7. The predicted molar refractivity (Wildman–Crippen MR) is 58.2 cm³/mol. The molecule has 88 valence electrons. The number of aliphatic hydroxyl groups is 1. The van der Waals surface area contributed by atoms with Crippen molar-refractivity contribution >= 4 is 5.91 Å². The number of aliphatic hydroxyl groups excluding tert-OH is 1.